The third kappa shape index (κ3) is 2.58. The highest BCUT2D eigenvalue weighted by Crippen LogP contribution is 2.14. The summed E-state index contributed by atoms with van der Waals surface area (Å²) in [6.45, 7) is 1.24. The molecule has 0 spiro atoms. The molecule has 1 aliphatic heterocycles. The Balaban J connectivity index is 2.14. The lowest BCUT2D eigenvalue weighted by atomic mass is 10.1. The zero-order valence-corrected chi connectivity index (χ0v) is 9.78. The van der Waals surface area contributed by atoms with Gasteiger partial charge in [-0.25, -0.2) is 4.39 Å². The maximum Gasteiger partial charge on any atom is 0.254 e. The van der Waals surface area contributed by atoms with Crippen molar-refractivity contribution < 1.29 is 14.0 Å². The average Bonchev–Trinajstić information content (AvgIpc) is 2.57. The van der Waals surface area contributed by atoms with Crippen LogP contribution in [0.4, 0.5) is 10.1 Å². The molecule has 1 aliphatic rings. The van der Waals surface area contributed by atoms with Crippen molar-refractivity contribution >= 4 is 17.5 Å². The zero-order chi connectivity index (χ0) is 13.1. The van der Waals surface area contributed by atoms with Gasteiger partial charge in [-0.1, -0.05) is 0 Å². The van der Waals surface area contributed by atoms with Gasteiger partial charge >= 0.3 is 0 Å². The lowest BCUT2D eigenvalue weighted by Crippen LogP contribution is -2.34. The summed E-state index contributed by atoms with van der Waals surface area (Å²) in [6.07, 6.45) is 0.280. The predicted molar refractivity (Wildman–Crippen MR) is 64.3 cm³/mol. The van der Waals surface area contributed by atoms with Gasteiger partial charge in [0.1, 0.15) is 5.82 Å². The van der Waals surface area contributed by atoms with E-state index in [1.165, 1.54) is 18.2 Å². The van der Waals surface area contributed by atoms with E-state index in [0.717, 1.165) is 0 Å². The van der Waals surface area contributed by atoms with E-state index in [-0.39, 0.29) is 23.9 Å². The Morgan fingerprint density at radius 3 is 2.89 bits per heavy atom. The van der Waals surface area contributed by atoms with Crippen LogP contribution in [0.3, 0.4) is 0 Å². The van der Waals surface area contributed by atoms with Crippen LogP contribution in [0.2, 0.25) is 0 Å². The summed E-state index contributed by atoms with van der Waals surface area (Å²) in [4.78, 5) is 24.9. The van der Waals surface area contributed by atoms with Crippen molar-refractivity contribution in [2.75, 3.05) is 25.4 Å². The Bertz CT molecular complexity index is 490. The van der Waals surface area contributed by atoms with Crippen molar-refractivity contribution in [3.8, 4) is 0 Å². The van der Waals surface area contributed by atoms with Crippen molar-refractivity contribution in [1.29, 1.82) is 0 Å². The van der Waals surface area contributed by atoms with Crippen LogP contribution < -0.4 is 11.1 Å². The molecule has 1 fully saturated rings. The number of rotatable bonds is 1. The smallest absolute Gasteiger partial charge is 0.254 e. The van der Waals surface area contributed by atoms with Gasteiger partial charge in [0.25, 0.3) is 5.91 Å². The quantitative estimate of drug-likeness (QED) is 0.708. The lowest BCUT2D eigenvalue weighted by molar-refractivity contribution is -0.120. The highest BCUT2D eigenvalue weighted by atomic mass is 19.1. The van der Waals surface area contributed by atoms with Crippen LogP contribution in [0.1, 0.15) is 16.8 Å². The number of nitrogens with two attached hydrogens (primary N) is 1. The molecule has 3 N–H and O–H groups in total. The second kappa shape index (κ2) is 5.03. The van der Waals surface area contributed by atoms with Crippen molar-refractivity contribution in [2.45, 2.75) is 6.42 Å². The summed E-state index contributed by atoms with van der Waals surface area (Å²) in [5, 5.41) is 2.68. The number of hydrogen-bond donors (Lipinski definition) is 2. The van der Waals surface area contributed by atoms with Gasteiger partial charge < -0.3 is 16.0 Å². The van der Waals surface area contributed by atoms with Crippen LogP contribution in [0.5, 0.6) is 0 Å². The number of carbonyl (C=O) groups is 2. The van der Waals surface area contributed by atoms with Crippen molar-refractivity contribution in [3.05, 3.63) is 29.6 Å². The molecule has 0 bridgehead atoms. The number of hydrogen-bond acceptors (Lipinski definition) is 3. The van der Waals surface area contributed by atoms with Crippen LogP contribution in [-0.2, 0) is 4.79 Å². The van der Waals surface area contributed by atoms with E-state index >= 15 is 0 Å². The van der Waals surface area contributed by atoms with Gasteiger partial charge in [0.15, 0.2) is 0 Å². The monoisotopic (exact) mass is 251 g/mol. The van der Waals surface area contributed by atoms with E-state index in [0.29, 0.717) is 25.2 Å². The molecular formula is C12H14FN3O2. The molecular weight excluding hydrogens is 237 g/mol. The molecule has 6 heteroatoms. The van der Waals surface area contributed by atoms with Gasteiger partial charge in [-0.05, 0) is 18.2 Å². The Kier molecular flexibility index (Phi) is 3.45. The molecule has 0 radical (unpaired) electrons. The van der Waals surface area contributed by atoms with Crippen molar-refractivity contribution in [3.63, 3.8) is 0 Å². The maximum atomic E-state index is 13.0. The topological polar surface area (TPSA) is 75.4 Å². The number of nitrogens with zero attached hydrogens (tertiary/aromatic N) is 1. The second-order valence-corrected chi connectivity index (χ2v) is 4.13. The van der Waals surface area contributed by atoms with Crippen LogP contribution in [0.15, 0.2) is 18.2 Å². The molecule has 18 heavy (non-hydrogen) atoms. The first kappa shape index (κ1) is 12.3. The zero-order valence-electron chi connectivity index (χ0n) is 9.78. The summed E-state index contributed by atoms with van der Waals surface area (Å²) in [5.74, 6) is -0.846. The molecule has 1 heterocycles. The van der Waals surface area contributed by atoms with Crippen LogP contribution in [-0.4, -0.2) is 36.3 Å². The van der Waals surface area contributed by atoms with E-state index in [1.807, 2.05) is 0 Å². The molecule has 1 aromatic rings. The van der Waals surface area contributed by atoms with E-state index in [1.54, 1.807) is 4.90 Å². The Labute approximate surface area is 104 Å². The van der Waals surface area contributed by atoms with Gasteiger partial charge in [0, 0.05) is 31.6 Å². The minimum absolute atomic E-state index is 0.0510. The predicted octanol–water partition coefficient (Wildman–Crippen LogP) is 0.370. The number of carbonyl (C=O) groups excluding carboxylic acids is 2. The van der Waals surface area contributed by atoms with E-state index in [9.17, 15) is 14.0 Å². The fourth-order valence-electron chi connectivity index (χ4n) is 1.83. The lowest BCUT2D eigenvalue weighted by Gasteiger charge is -2.19. The van der Waals surface area contributed by atoms with E-state index in [4.69, 9.17) is 5.73 Å². The fourth-order valence-corrected chi connectivity index (χ4v) is 1.83. The number of nitrogen functional groups attached to an aromatic ring is 1. The molecule has 1 aromatic carbocycles. The van der Waals surface area contributed by atoms with Crippen LogP contribution in [0, 0.1) is 5.82 Å². The molecule has 0 aromatic heterocycles. The number of amides is 2. The molecule has 0 atom stereocenters. The SMILES string of the molecule is Nc1cc(C(=O)N2CCNC(=O)CC2)ccc1F. The Morgan fingerprint density at radius 1 is 1.39 bits per heavy atom. The molecule has 96 valence electrons. The summed E-state index contributed by atoms with van der Waals surface area (Å²) in [6, 6.07) is 3.88. The van der Waals surface area contributed by atoms with E-state index in [2.05, 4.69) is 5.32 Å². The van der Waals surface area contributed by atoms with Gasteiger partial charge in [-0.2, -0.15) is 0 Å². The maximum absolute atomic E-state index is 13.0. The molecule has 0 unspecified atom stereocenters. The summed E-state index contributed by atoms with van der Waals surface area (Å²) in [5.41, 5.74) is 5.71. The highest BCUT2D eigenvalue weighted by molar-refractivity contribution is 5.95. The van der Waals surface area contributed by atoms with Gasteiger partial charge in [0.05, 0.1) is 5.69 Å². The van der Waals surface area contributed by atoms with Crippen LogP contribution >= 0.6 is 0 Å². The first-order valence-corrected chi connectivity index (χ1v) is 5.69. The minimum atomic E-state index is -0.542. The Hall–Kier alpha value is -2.11. The standard InChI is InChI=1S/C12H14FN3O2/c13-9-2-1-8(7-10(9)14)12(18)16-5-3-11(17)15-4-6-16/h1-2,7H,3-6,14H2,(H,15,17). The highest BCUT2D eigenvalue weighted by Gasteiger charge is 2.20. The second-order valence-electron chi connectivity index (χ2n) is 4.13. The molecule has 0 aliphatic carbocycles. The molecule has 5 nitrogen and oxygen atoms in total. The van der Waals surface area contributed by atoms with Crippen molar-refractivity contribution in [1.82, 2.24) is 10.2 Å². The summed E-state index contributed by atoms with van der Waals surface area (Å²) >= 11 is 0. The summed E-state index contributed by atoms with van der Waals surface area (Å²) < 4.78 is 13.0. The molecule has 0 saturated carbocycles. The third-order valence-corrected chi connectivity index (χ3v) is 2.84. The fraction of sp³-hybridized carbons (Fsp3) is 0.333. The molecule has 2 rings (SSSR count). The molecule has 1 saturated heterocycles. The number of anilines is 1. The third-order valence-electron chi connectivity index (χ3n) is 2.84. The minimum Gasteiger partial charge on any atom is -0.396 e. The van der Waals surface area contributed by atoms with Gasteiger partial charge in [-0.15, -0.1) is 0 Å². The van der Waals surface area contributed by atoms with Crippen molar-refractivity contribution in [2.24, 2.45) is 0 Å². The Morgan fingerprint density at radius 2 is 2.17 bits per heavy atom. The van der Waals surface area contributed by atoms with Crippen LogP contribution in [0.25, 0.3) is 0 Å². The van der Waals surface area contributed by atoms with E-state index < -0.39 is 5.82 Å². The average molecular weight is 251 g/mol. The first-order valence-electron chi connectivity index (χ1n) is 5.69. The largest absolute Gasteiger partial charge is 0.396 e. The normalized spacial score (nSPS) is 16.1. The van der Waals surface area contributed by atoms with Gasteiger partial charge in [0.2, 0.25) is 5.91 Å². The first-order chi connectivity index (χ1) is 8.58. The number of nitrogens with one attached hydrogen (secondary N) is 1. The summed E-state index contributed by atoms with van der Waals surface area (Å²) in [7, 11) is 0. The van der Waals surface area contributed by atoms with Gasteiger partial charge in [-0.3, -0.25) is 9.59 Å². The number of benzene rings is 1. The molecule has 2 amide bonds. The number of halogens is 1.